The van der Waals surface area contributed by atoms with E-state index in [9.17, 15) is 33.6 Å². The van der Waals surface area contributed by atoms with E-state index in [1.54, 1.807) is 6.20 Å². The summed E-state index contributed by atoms with van der Waals surface area (Å²) in [7, 11) is -2.92. The number of aromatic nitrogens is 1. The fourth-order valence-electron chi connectivity index (χ4n) is 5.90. The van der Waals surface area contributed by atoms with Crippen molar-refractivity contribution in [2.24, 2.45) is 0 Å². The first-order chi connectivity index (χ1) is 25.3. The van der Waals surface area contributed by atoms with Crippen LogP contribution in [0.3, 0.4) is 0 Å². The zero-order valence-electron chi connectivity index (χ0n) is 29.3. The van der Waals surface area contributed by atoms with Crippen molar-refractivity contribution in [1.29, 1.82) is 0 Å². The number of para-hydroxylation sites is 1. The van der Waals surface area contributed by atoms with Gasteiger partial charge in [-0.15, -0.1) is 0 Å². The Labute approximate surface area is 313 Å². The standard InChI is InChI=1S/C36H47ClFN5O9S/c1-43(15-5-4-13-40-35(49)41-20-29(45)33(47)34(48)30(46)21-44)53(50,51)32-16-22(27(37)17-28(32)38)18-42-36(11-12-36)26-19-39-14-10-24(26)25-6-2-3-7-31(25)52-23-8-9-23/h2-3,6-7,10,14,16-17,19,23,29-30,33-34,42,44-48H,4-5,8-9,11-13,15,18,20-21H2,1H3,(H2,40,41,49)/t29-,30+,33+,34+/m0/s1. The fourth-order valence-corrected chi connectivity index (χ4v) is 7.42. The van der Waals surface area contributed by atoms with E-state index in [4.69, 9.17) is 21.4 Å². The number of urea groups is 1. The van der Waals surface area contributed by atoms with Gasteiger partial charge in [0.15, 0.2) is 0 Å². The van der Waals surface area contributed by atoms with Crippen molar-refractivity contribution in [1.82, 2.24) is 25.2 Å². The summed E-state index contributed by atoms with van der Waals surface area (Å²) in [6, 6.07) is 11.4. The first-order valence-electron chi connectivity index (χ1n) is 17.5. The molecule has 1 aromatic heterocycles. The van der Waals surface area contributed by atoms with Crippen LogP contribution in [0.4, 0.5) is 9.18 Å². The van der Waals surface area contributed by atoms with Crippen molar-refractivity contribution in [3.8, 4) is 16.9 Å². The Morgan fingerprint density at radius 3 is 2.47 bits per heavy atom. The van der Waals surface area contributed by atoms with Crippen molar-refractivity contribution in [2.75, 3.05) is 33.3 Å². The van der Waals surface area contributed by atoms with Gasteiger partial charge in [0.05, 0.1) is 18.8 Å². The molecule has 2 aliphatic carbocycles. The summed E-state index contributed by atoms with van der Waals surface area (Å²) >= 11 is 6.45. The molecule has 2 amide bonds. The van der Waals surface area contributed by atoms with Gasteiger partial charge in [0.25, 0.3) is 0 Å². The second kappa shape index (κ2) is 17.8. The second-order valence-electron chi connectivity index (χ2n) is 13.5. The highest BCUT2D eigenvalue weighted by Crippen LogP contribution is 2.50. The van der Waals surface area contributed by atoms with Crippen molar-refractivity contribution in [3.05, 3.63) is 76.8 Å². The van der Waals surface area contributed by atoms with E-state index in [1.807, 2.05) is 36.5 Å². The largest absolute Gasteiger partial charge is 0.490 e. The molecule has 2 aliphatic rings. The number of sulfonamides is 1. The van der Waals surface area contributed by atoms with Crippen LogP contribution in [0.5, 0.6) is 5.75 Å². The Balaban J connectivity index is 1.15. The number of nitrogens with zero attached hydrogens (tertiary/aromatic N) is 2. The van der Waals surface area contributed by atoms with Crippen LogP contribution in [0.2, 0.25) is 5.02 Å². The number of hydrogen-bond donors (Lipinski definition) is 8. The molecule has 17 heteroatoms. The molecule has 0 aliphatic heterocycles. The Kier molecular flexibility index (Phi) is 13.7. The first-order valence-corrected chi connectivity index (χ1v) is 19.3. The monoisotopic (exact) mass is 779 g/mol. The van der Waals surface area contributed by atoms with E-state index in [0.29, 0.717) is 18.4 Å². The summed E-state index contributed by atoms with van der Waals surface area (Å²) < 4.78 is 49.4. The van der Waals surface area contributed by atoms with E-state index in [-0.39, 0.29) is 30.8 Å². The number of ether oxygens (including phenoxy) is 1. The Bertz CT molecular complexity index is 1830. The van der Waals surface area contributed by atoms with Gasteiger partial charge in [-0.05, 0) is 79.5 Å². The SMILES string of the molecule is CN(CCCCNC(=O)NC[C@H](O)[C@@H](O)[C@H](O)[C@H](O)CO)S(=O)(=O)c1cc(CNC2(c3cnccc3-c3ccccc3OC3CC3)CC2)c(Cl)cc1F. The molecule has 0 radical (unpaired) electrons. The van der Waals surface area contributed by atoms with E-state index < -0.39 is 69.9 Å². The molecule has 2 saturated carbocycles. The predicted molar refractivity (Wildman–Crippen MR) is 194 cm³/mol. The van der Waals surface area contributed by atoms with Gasteiger partial charge in [0.1, 0.15) is 34.8 Å². The third-order valence-electron chi connectivity index (χ3n) is 9.47. The smallest absolute Gasteiger partial charge is 0.314 e. The number of carbonyl (C=O) groups is 1. The van der Waals surface area contributed by atoms with Gasteiger partial charge in [-0.25, -0.2) is 21.9 Å². The molecule has 0 saturated heterocycles. The molecule has 0 bridgehead atoms. The maximum Gasteiger partial charge on any atom is 0.314 e. The number of hydrogen-bond acceptors (Lipinski definition) is 11. The van der Waals surface area contributed by atoms with Crippen LogP contribution < -0.4 is 20.7 Å². The number of aliphatic hydroxyl groups is 5. The highest BCUT2D eigenvalue weighted by molar-refractivity contribution is 7.89. The van der Waals surface area contributed by atoms with Gasteiger partial charge in [-0.3, -0.25) is 4.98 Å². The Morgan fingerprint density at radius 1 is 1.06 bits per heavy atom. The summed E-state index contributed by atoms with van der Waals surface area (Å²) in [6.45, 7) is -0.951. The summed E-state index contributed by atoms with van der Waals surface area (Å²) in [5.41, 5.74) is 2.91. The molecule has 1 heterocycles. The van der Waals surface area contributed by atoms with Crippen LogP contribution in [0.1, 0.15) is 49.7 Å². The van der Waals surface area contributed by atoms with Crippen LogP contribution >= 0.6 is 11.6 Å². The lowest BCUT2D eigenvalue weighted by Crippen LogP contribution is -2.50. The average molecular weight is 780 g/mol. The van der Waals surface area contributed by atoms with E-state index in [1.165, 1.54) is 13.1 Å². The minimum atomic E-state index is -4.25. The van der Waals surface area contributed by atoms with Gasteiger partial charge in [0, 0.05) is 61.7 Å². The van der Waals surface area contributed by atoms with Crippen LogP contribution in [0, 0.1) is 5.82 Å². The van der Waals surface area contributed by atoms with E-state index in [2.05, 4.69) is 20.9 Å². The van der Waals surface area contributed by atoms with Gasteiger partial charge >= 0.3 is 6.03 Å². The van der Waals surface area contributed by atoms with Crippen molar-refractivity contribution in [3.63, 3.8) is 0 Å². The van der Waals surface area contributed by atoms with E-state index in [0.717, 1.165) is 58.5 Å². The number of pyridine rings is 1. The highest BCUT2D eigenvalue weighted by Gasteiger charge is 2.46. The fraction of sp³-hybridized carbons (Fsp3) is 0.500. The number of unbranched alkanes of at least 4 members (excludes halogenated alkanes) is 1. The lowest BCUT2D eigenvalue weighted by molar-refractivity contribution is -0.113. The number of carbonyl (C=O) groups excluding carboxylic acids is 1. The van der Waals surface area contributed by atoms with Crippen molar-refractivity contribution < 1.29 is 47.9 Å². The van der Waals surface area contributed by atoms with Crippen LogP contribution in [-0.2, 0) is 22.1 Å². The number of aliphatic hydroxyl groups excluding tert-OH is 5. The van der Waals surface area contributed by atoms with Crippen LogP contribution in [0.15, 0.2) is 59.8 Å². The minimum Gasteiger partial charge on any atom is -0.490 e. The topological polar surface area (TPSA) is 214 Å². The van der Waals surface area contributed by atoms with Gasteiger partial charge in [-0.1, -0.05) is 29.8 Å². The molecule has 53 heavy (non-hydrogen) atoms. The third-order valence-corrected chi connectivity index (χ3v) is 11.7. The number of amides is 2. The molecule has 14 nitrogen and oxygen atoms in total. The Morgan fingerprint density at radius 2 is 1.77 bits per heavy atom. The maximum atomic E-state index is 15.2. The number of rotatable bonds is 20. The number of nitrogens with one attached hydrogen (secondary N) is 3. The lowest BCUT2D eigenvalue weighted by atomic mass is 9.94. The van der Waals surface area contributed by atoms with Crippen molar-refractivity contribution >= 4 is 27.7 Å². The number of halogens is 2. The summed E-state index contributed by atoms with van der Waals surface area (Å²) in [5.74, 6) is -0.164. The summed E-state index contributed by atoms with van der Waals surface area (Å²) in [6.07, 6.45) is 1.23. The molecule has 0 unspecified atom stereocenters. The predicted octanol–water partition coefficient (Wildman–Crippen LogP) is 2.00. The molecule has 0 spiro atoms. The second-order valence-corrected chi connectivity index (χ2v) is 15.9. The zero-order valence-corrected chi connectivity index (χ0v) is 30.9. The average Bonchev–Trinajstić information content (AvgIpc) is 4.10. The number of benzene rings is 2. The van der Waals surface area contributed by atoms with Gasteiger partial charge < -0.3 is 46.2 Å². The Hall–Kier alpha value is -3.45. The molecule has 3 aromatic rings. The molecule has 2 aromatic carbocycles. The minimum absolute atomic E-state index is 0.0239. The quantitative estimate of drug-likeness (QED) is 0.0777. The highest BCUT2D eigenvalue weighted by atomic mass is 35.5. The lowest BCUT2D eigenvalue weighted by Gasteiger charge is -2.25. The maximum absolute atomic E-state index is 15.2. The summed E-state index contributed by atoms with van der Waals surface area (Å²) in [4.78, 5) is 16.0. The van der Waals surface area contributed by atoms with Gasteiger partial charge in [0.2, 0.25) is 10.0 Å². The van der Waals surface area contributed by atoms with Crippen molar-refractivity contribution in [2.45, 2.75) is 86.0 Å². The molecule has 290 valence electrons. The molecular formula is C36H47ClFN5O9S. The molecular weight excluding hydrogens is 733 g/mol. The van der Waals surface area contributed by atoms with Gasteiger partial charge in [-0.2, -0.15) is 0 Å². The molecule has 2 fully saturated rings. The molecule has 8 N–H and O–H groups in total. The zero-order chi connectivity index (χ0) is 38.3. The first kappa shape index (κ1) is 40.7. The molecule has 5 rings (SSSR count). The van der Waals surface area contributed by atoms with Crippen LogP contribution in [0.25, 0.3) is 11.1 Å². The van der Waals surface area contributed by atoms with Crippen LogP contribution in [-0.4, -0.2) is 113 Å². The van der Waals surface area contributed by atoms with E-state index >= 15 is 4.39 Å². The third kappa shape index (κ3) is 10.2. The molecule has 4 atom stereocenters. The summed E-state index contributed by atoms with van der Waals surface area (Å²) in [5, 5.41) is 56.1. The normalized spacial score (nSPS) is 17.5.